The molecule has 0 fully saturated rings. The molecule has 0 amide bonds. The van der Waals surface area contributed by atoms with Crippen molar-refractivity contribution in [1.82, 2.24) is 9.97 Å². The van der Waals surface area contributed by atoms with Crippen LogP contribution in [0.25, 0.3) is 0 Å². The number of aromatic nitrogens is 2. The van der Waals surface area contributed by atoms with Crippen molar-refractivity contribution in [3.8, 4) is 0 Å². The summed E-state index contributed by atoms with van der Waals surface area (Å²) >= 11 is 0. The zero-order chi connectivity index (χ0) is 12.9. The first-order valence-corrected chi connectivity index (χ1v) is 6.09. The van der Waals surface area contributed by atoms with Crippen molar-refractivity contribution in [3.05, 3.63) is 60.2 Å². The predicted molar refractivity (Wildman–Crippen MR) is 73.9 cm³/mol. The second kappa shape index (κ2) is 10.8. The minimum Gasteiger partial charge on any atom is -0.265 e. The highest BCUT2D eigenvalue weighted by Crippen LogP contribution is 1.91. The van der Waals surface area contributed by atoms with Crippen molar-refractivity contribution < 1.29 is 0 Å². The summed E-state index contributed by atoms with van der Waals surface area (Å²) < 4.78 is 0. The number of pyridine rings is 2. The number of rotatable bonds is 1. The summed E-state index contributed by atoms with van der Waals surface area (Å²) in [4.78, 5) is 7.94. The minimum atomic E-state index is 1.03. The van der Waals surface area contributed by atoms with E-state index in [2.05, 4.69) is 16.9 Å². The number of nitrogens with zero attached hydrogens (tertiary/aromatic N) is 2. The molecule has 92 valence electrons. The van der Waals surface area contributed by atoms with E-state index in [0.717, 1.165) is 12.1 Å². The van der Waals surface area contributed by atoms with E-state index in [0.29, 0.717) is 0 Å². The van der Waals surface area contributed by atoms with Crippen LogP contribution in [-0.2, 0) is 6.42 Å². The fourth-order valence-electron chi connectivity index (χ4n) is 1.03. The molecule has 2 heteroatoms. The molecule has 2 nitrogen and oxygen atoms in total. The number of hydrogen-bond acceptors (Lipinski definition) is 2. The maximum Gasteiger partial charge on any atom is 0.0400 e. The third-order valence-corrected chi connectivity index (χ3v) is 1.94. The van der Waals surface area contributed by atoms with Crippen molar-refractivity contribution >= 4 is 0 Å². The maximum absolute atomic E-state index is 4.10. The second-order valence-corrected chi connectivity index (χ2v) is 3.20. The molecule has 0 saturated carbocycles. The minimum absolute atomic E-state index is 1.03. The van der Waals surface area contributed by atoms with E-state index in [-0.39, 0.29) is 0 Å². The molecular weight excluding hydrogens is 208 g/mol. The third kappa shape index (κ3) is 8.14. The van der Waals surface area contributed by atoms with Gasteiger partial charge in [-0.15, -0.1) is 0 Å². The van der Waals surface area contributed by atoms with E-state index in [1.165, 1.54) is 5.56 Å². The van der Waals surface area contributed by atoms with Crippen LogP contribution in [0.4, 0.5) is 0 Å². The summed E-state index contributed by atoms with van der Waals surface area (Å²) in [6.07, 6.45) is 6.42. The van der Waals surface area contributed by atoms with Gasteiger partial charge in [-0.25, -0.2) is 0 Å². The molecule has 2 aromatic rings. The normalized spacial score (nSPS) is 8.24. The van der Waals surface area contributed by atoms with Gasteiger partial charge in [0.2, 0.25) is 0 Å². The highest BCUT2D eigenvalue weighted by Gasteiger charge is 1.81. The monoisotopic (exact) mass is 230 g/mol. The van der Waals surface area contributed by atoms with Gasteiger partial charge < -0.3 is 0 Å². The quantitative estimate of drug-likeness (QED) is 0.738. The molecule has 0 bridgehead atoms. The van der Waals surface area contributed by atoms with Crippen LogP contribution in [0, 0.1) is 6.92 Å². The number of aryl methyl sites for hydroxylation is 2. The summed E-state index contributed by atoms with van der Waals surface area (Å²) in [6.45, 7) is 8.14. The largest absolute Gasteiger partial charge is 0.265 e. The van der Waals surface area contributed by atoms with Crippen molar-refractivity contribution in [2.75, 3.05) is 0 Å². The average Bonchev–Trinajstić information content (AvgIpc) is 2.43. The Balaban J connectivity index is 0.000000265. The topological polar surface area (TPSA) is 25.8 Å². The van der Waals surface area contributed by atoms with Crippen LogP contribution in [0.5, 0.6) is 0 Å². The molecule has 0 saturated heterocycles. The molecule has 2 heterocycles. The molecule has 0 radical (unpaired) electrons. The highest BCUT2D eigenvalue weighted by atomic mass is 14.7. The van der Waals surface area contributed by atoms with E-state index in [4.69, 9.17) is 0 Å². The van der Waals surface area contributed by atoms with E-state index in [9.17, 15) is 0 Å². The van der Waals surface area contributed by atoms with Gasteiger partial charge in [-0.05, 0) is 43.2 Å². The molecule has 0 aliphatic carbocycles. The van der Waals surface area contributed by atoms with Gasteiger partial charge in [0.1, 0.15) is 0 Å². The summed E-state index contributed by atoms with van der Waals surface area (Å²) in [5.41, 5.74) is 2.42. The van der Waals surface area contributed by atoms with Crippen LogP contribution in [0.3, 0.4) is 0 Å². The van der Waals surface area contributed by atoms with Crippen molar-refractivity contribution in [2.45, 2.75) is 34.1 Å². The maximum atomic E-state index is 4.10. The fraction of sp³-hybridized carbons (Fsp3) is 0.333. The lowest BCUT2D eigenvalue weighted by atomic mass is 10.3. The van der Waals surface area contributed by atoms with Crippen LogP contribution in [-0.4, -0.2) is 9.97 Å². The lowest BCUT2D eigenvalue weighted by Crippen LogP contribution is -1.81. The first-order chi connectivity index (χ1) is 8.33. The van der Waals surface area contributed by atoms with Gasteiger partial charge in [0.05, 0.1) is 0 Å². The van der Waals surface area contributed by atoms with Crippen molar-refractivity contribution in [3.63, 3.8) is 0 Å². The summed E-state index contributed by atoms with van der Waals surface area (Å²) in [6, 6.07) is 9.91. The van der Waals surface area contributed by atoms with Crippen molar-refractivity contribution in [1.29, 1.82) is 0 Å². The first kappa shape index (κ1) is 15.3. The van der Waals surface area contributed by atoms with E-state index < -0.39 is 0 Å². The standard InChI is InChI=1S/C7H9N.C6H7N.C2H6/c1-2-7-5-3-4-6-8-7;1-6-2-4-7-5-3-6;1-2/h3-6H,2H2,1H3;2-5H,1H3;1-2H3. The average molecular weight is 230 g/mol. The SMILES string of the molecule is CC.CCc1ccccn1.Cc1ccncc1. The van der Waals surface area contributed by atoms with Crippen LogP contribution in [0.15, 0.2) is 48.9 Å². The molecule has 2 aromatic heterocycles. The van der Waals surface area contributed by atoms with Gasteiger partial charge in [0.15, 0.2) is 0 Å². The Labute approximate surface area is 105 Å². The Bertz CT molecular complexity index is 357. The molecule has 0 spiro atoms. The molecule has 0 N–H and O–H groups in total. The Kier molecular flexibility index (Phi) is 9.73. The first-order valence-electron chi connectivity index (χ1n) is 6.09. The lowest BCUT2D eigenvalue weighted by Gasteiger charge is -1.88. The molecular formula is C15H22N2. The van der Waals surface area contributed by atoms with E-state index in [1.54, 1.807) is 12.4 Å². The van der Waals surface area contributed by atoms with E-state index in [1.807, 2.05) is 57.3 Å². The molecule has 0 aliphatic heterocycles. The zero-order valence-electron chi connectivity index (χ0n) is 11.2. The zero-order valence-corrected chi connectivity index (χ0v) is 11.2. The summed E-state index contributed by atoms with van der Waals surface area (Å²) in [5.74, 6) is 0. The van der Waals surface area contributed by atoms with Gasteiger partial charge >= 0.3 is 0 Å². The van der Waals surface area contributed by atoms with Gasteiger partial charge in [-0.3, -0.25) is 9.97 Å². The molecule has 0 aromatic carbocycles. The predicted octanol–water partition coefficient (Wildman–Crippen LogP) is 4.06. The van der Waals surface area contributed by atoms with Crippen LogP contribution >= 0.6 is 0 Å². The lowest BCUT2D eigenvalue weighted by molar-refractivity contribution is 1.04. The smallest absolute Gasteiger partial charge is 0.0400 e. The van der Waals surface area contributed by atoms with Gasteiger partial charge in [-0.1, -0.05) is 26.8 Å². The van der Waals surface area contributed by atoms with Crippen LogP contribution in [0.2, 0.25) is 0 Å². The van der Waals surface area contributed by atoms with E-state index >= 15 is 0 Å². The fourth-order valence-corrected chi connectivity index (χ4v) is 1.03. The molecule has 17 heavy (non-hydrogen) atoms. The number of hydrogen-bond donors (Lipinski definition) is 0. The molecule has 0 aliphatic rings. The Morgan fingerprint density at radius 3 is 1.88 bits per heavy atom. The molecule has 2 rings (SSSR count). The van der Waals surface area contributed by atoms with Gasteiger partial charge in [0, 0.05) is 24.3 Å². The Morgan fingerprint density at radius 1 is 0.941 bits per heavy atom. The Hall–Kier alpha value is -1.70. The third-order valence-electron chi connectivity index (χ3n) is 1.94. The van der Waals surface area contributed by atoms with Crippen molar-refractivity contribution in [2.24, 2.45) is 0 Å². The molecule has 0 unspecified atom stereocenters. The van der Waals surface area contributed by atoms with Gasteiger partial charge in [-0.2, -0.15) is 0 Å². The second-order valence-electron chi connectivity index (χ2n) is 3.20. The van der Waals surface area contributed by atoms with Crippen LogP contribution < -0.4 is 0 Å². The molecule has 0 atom stereocenters. The highest BCUT2D eigenvalue weighted by molar-refractivity contribution is 5.05. The summed E-state index contributed by atoms with van der Waals surface area (Å²) in [5, 5.41) is 0. The Morgan fingerprint density at radius 2 is 1.59 bits per heavy atom. The van der Waals surface area contributed by atoms with Gasteiger partial charge in [0.25, 0.3) is 0 Å². The summed E-state index contributed by atoms with van der Waals surface area (Å²) in [7, 11) is 0. The van der Waals surface area contributed by atoms with Crippen LogP contribution in [0.1, 0.15) is 32.0 Å².